The summed E-state index contributed by atoms with van der Waals surface area (Å²) in [5.41, 5.74) is 1.52. The topological polar surface area (TPSA) is 72.4 Å². The van der Waals surface area contributed by atoms with Crippen molar-refractivity contribution in [1.82, 2.24) is 14.3 Å². The number of halogens is 2. The van der Waals surface area contributed by atoms with Gasteiger partial charge in [0.15, 0.2) is 11.6 Å². The Balaban J connectivity index is 1.77. The molecule has 0 spiro atoms. The maximum atomic E-state index is 13.4. The summed E-state index contributed by atoms with van der Waals surface area (Å²) in [7, 11) is -3.94. The summed E-state index contributed by atoms with van der Waals surface area (Å²) in [4.78, 5) is 8.13. The summed E-state index contributed by atoms with van der Waals surface area (Å²) in [6.07, 6.45) is 0.823. The van der Waals surface area contributed by atoms with Crippen molar-refractivity contribution >= 4 is 10.0 Å². The minimum Gasteiger partial charge on any atom is -0.459 e. The van der Waals surface area contributed by atoms with Crippen LogP contribution in [0, 0.1) is 25.5 Å². The minimum atomic E-state index is -3.94. The van der Waals surface area contributed by atoms with Gasteiger partial charge in [0, 0.05) is 17.9 Å². The first-order chi connectivity index (χ1) is 12.3. The van der Waals surface area contributed by atoms with Crippen molar-refractivity contribution in [2.45, 2.75) is 37.7 Å². The van der Waals surface area contributed by atoms with E-state index in [9.17, 15) is 17.2 Å². The highest BCUT2D eigenvalue weighted by Crippen LogP contribution is 2.24. The van der Waals surface area contributed by atoms with Crippen molar-refractivity contribution in [1.29, 1.82) is 0 Å². The standard InChI is InChI=1S/C17H19F2N3O3S/c1-11-8-12(2)21-17(20-11)25-13-4-3-7-22(10-13)26(23,24)14-5-6-15(18)16(19)9-14/h5-6,8-9,13H,3-4,7,10H2,1-2H3. The van der Waals surface area contributed by atoms with Gasteiger partial charge in [0.25, 0.3) is 0 Å². The van der Waals surface area contributed by atoms with E-state index < -0.39 is 27.8 Å². The average Bonchev–Trinajstić information content (AvgIpc) is 2.56. The molecule has 0 radical (unpaired) electrons. The van der Waals surface area contributed by atoms with Gasteiger partial charge < -0.3 is 4.74 Å². The third kappa shape index (κ3) is 3.99. The molecule has 140 valence electrons. The number of ether oxygens (including phenoxy) is 1. The van der Waals surface area contributed by atoms with E-state index in [0.717, 1.165) is 23.5 Å². The van der Waals surface area contributed by atoms with Crippen molar-refractivity contribution in [2.75, 3.05) is 13.1 Å². The van der Waals surface area contributed by atoms with Crippen LogP contribution in [-0.2, 0) is 10.0 Å². The lowest BCUT2D eigenvalue weighted by atomic mass is 10.1. The second-order valence-electron chi connectivity index (χ2n) is 6.25. The highest BCUT2D eigenvalue weighted by Gasteiger charge is 2.32. The molecule has 0 saturated carbocycles. The number of aromatic nitrogens is 2. The Morgan fingerprint density at radius 1 is 1.12 bits per heavy atom. The van der Waals surface area contributed by atoms with E-state index >= 15 is 0 Å². The highest BCUT2D eigenvalue weighted by atomic mass is 32.2. The quantitative estimate of drug-likeness (QED) is 0.812. The number of rotatable bonds is 4. The lowest BCUT2D eigenvalue weighted by molar-refractivity contribution is 0.119. The van der Waals surface area contributed by atoms with Gasteiger partial charge in [0.2, 0.25) is 10.0 Å². The third-order valence-electron chi connectivity index (χ3n) is 4.10. The zero-order valence-electron chi connectivity index (χ0n) is 14.4. The second kappa shape index (κ2) is 7.24. The molecule has 1 aromatic heterocycles. The van der Waals surface area contributed by atoms with Crippen LogP contribution in [0.3, 0.4) is 0 Å². The van der Waals surface area contributed by atoms with E-state index in [4.69, 9.17) is 4.74 Å². The first kappa shape index (κ1) is 18.7. The molecule has 1 aromatic carbocycles. The molecule has 2 aromatic rings. The van der Waals surface area contributed by atoms with Crippen molar-refractivity contribution < 1.29 is 21.9 Å². The molecular weight excluding hydrogens is 364 g/mol. The van der Waals surface area contributed by atoms with E-state index in [1.165, 1.54) is 4.31 Å². The number of hydrogen-bond donors (Lipinski definition) is 0. The molecular formula is C17H19F2N3O3S. The summed E-state index contributed by atoms with van der Waals surface area (Å²) in [5, 5.41) is 0. The van der Waals surface area contributed by atoms with E-state index in [-0.39, 0.29) is 24.0 Å². The summed E-state index contributed by atoms with van der Waals surface area (Å²) >= 11 is 0. The van der Waals surface area contributed by atoms with E-state index in [1.807, 2.05) is 19.9 Å². The Labute approximate surface area is 150 Å². The SMILES string of the molecule is Cc1cc(C)nc(OC2CCCN(S(=O)(=O)c3ccc(F)c(F)c3)C2)n1. The molecule has 1 aliphatic heterocycles. The molecule has 6 nitrogen and oxygen atoms in total. The zero-order valence-corrected chi connectivity index (χ0v) is 15.3. The molecule has 1 fully saturated rings. The fourth-order valence-electron chi connectivity index (χ4n) is 2.90. The molecule has 1 saturated heterocycles. The third-order valence-corrected chi connectivity index (χ3v) is 5.96. The smallest absolute Gasteiger partial charge is 0.317 e. The van der Waals surface area contributed by atoms with Crippen molar-refractivity contribution in [2.24, 2.45) is 0 Å². The Kier molecular flexibility index (Phi) is 5.19. The van der Waals surface area contributed by atoms with E-state index in [0.29, 0.717) is 18.9 Å². The number of nitrogens with zero attached hydrogens (tertiary/aromatic N) is 3. The number of aryl methyl sites for hydroxylation is 2. The Morgan fingerprint density at radius 3 is 2.46 bits per heavy atom. The summed E-state index contributed by atoms with van der Waals surface area (Å²) in [5.74, 6) is -2.28. The molecule has 0 N–H and O–H groups in total. The maximum absolute atomic E-state index is 13.4. The molecule has 1 aliphatic rings. The predicted molar refractivity (Wildman–Crippen MR) is 90.3 cm³/mol. The fourth-order valence-corrected chi connectivity index (χ4v) is 4.42. The lowest BCUT2D eigenvalue weighted by Crippen LogP contribution is -2.44. The average molecular weight is 383 g/mol. The van der Waals surface area contributed by atoms with Crippen LogP contribution in [0.2, 0.25) is 0 Å². The highest BCUT2D eigenvalue weighted by molar-refractivity contribution is 7.89. The predicted octanol–water partition coefficient (Wildman–Crippen LogP) is 2.60. The second-order valence-corrected chi connectivity index (χ2v) is 8.19. The number of sulfonamides is 1. The van der Waals surface area contributed by atoms with Crippen molar-refractivity contribution in [3.63, 3.8) is 0 Å². The van der Waals surface area contributed by atoms with Gasteiger partial charge in [0.1, 0.15) is 6.10 Å². The van der Waals surface area contributed by atoms with Crippen LogP contribution in [0.5, 0.6) is 6.01 Å². The summed E-state index contributed by atoms with van der Waals surface area (Å²) < 4.78 is 58.9. The molecule has 3 rings (SSSR count). The van der Waals surface area contributed by atoms with Gasteiger partial charge in [-0.1, -0.05) is 0 Å². The first-order valence-electron chi connectivity index (χ1n) is 8.20. The zero-order chi connectivity index (χ0) is 18.9. The molecule has 9 heteroatoms. The van der Waals surface area contributed by atoms with Crippen LogP contribution in [0.1, 0.15) is 24.2 Å². The Morgan fingerprint density at radius 2 is 1.81 bits per heavy atom. The van der Waals surface area contributed by atoms with Gasteiger partial charge in [-0.15, -0.1) is 0 Å². The summed E-state index contributed by atoms with van der Waals surface area (Å²) in [6.45, 7) is 4.02. The van der Waals surface area contributed by atoms with Gasteiger partial charge in [0.05, 0.1) is 11.4 Å². The first-order valence-corrected chi connectivity index (χ1v) is 9.64. The van der Waals surface area contributed by atoms with Crippen LogP contribution >= 0.6 is 0 Å². The number of hydrogen-bond acceptors (Lipinski definition) is 5. The van der Waals surface area contributed by atoms with Gasteiger partial charge >= 0.3 is 6.01 Å². The molecule has 0 bridgehead atoms. The van der Waals surface area contributed by atoms with Crippen molar-refractivity contribution in [3.8, 4) is 6.01 Å². The van der Waals surface area contributed by atoms with Crippen LogP contribution in [0.4, 0.5) is 8.78 Å². The Hall–Kier alpha value is -2.13. The normalized spacial score (nSPS) is 18.7. The van der Waals surface area contributed by atoms with Gasteiger partial charge in [-0.25, -0.2) is 27.2 Å². The van der Waals surface area contributed by atoms with Crippen LogP contribution < -0.4 is 4.74 Å². The molecule has 0 aliphatic carbocycles. The monoisotopic (exact) mass is 383 g/mol. The van der Waals surface area contributed by atoms with E-state index in [1.54, 1.807) is 0 Å². The molecule has 2 heterocycles. The summed E-state index contributed by atoms with van der Waals surface area (Å²) in [6, 6.07) is 4.59. The molecule has 1 unspecified atom stereocenters. The Bertz CT molecular complexity index is 901. The van der Waals surface area contributed by atoms with Gasteiger partial charge in [-0.2, -0.15) is 4.31 Å². The van der Waals surface area contributed by atoms with Crippen LogP contribution in [0.25, 0.3) is 0 Å². The molecule has 26 heavy (non-hydrogen) atoms. The van der Waals surface area contributed by atoms with E-state index in [2.05, 4.69) is 9.97 Å². The fraction of sp³-hybridized carbons (Fsp3) is 0.412. The minimum absolute atomic E-state index is 0.0949. The van der Waals surface area contributed by atoms with Gasteiger partial charge in [-0.05, 0) is 51.0 Å². The lowest BCUT2D eigenvalue weighted by Gasteiger charge is -2.31. The van der Waals surface area contributed by atoms with Crippen molar-refractivity contribution in [3.05, 3.63) is 47.3 Å². The molecule has 1 atom stereocenters. The van der Waals surface area contributed by atoms with Gasteiger partial charge in [-0.3, -0.25) is 0 Å². The number of piperidine rings is 1. The largest absolute Gasteiger partial charge is 0.459 e. The number of benzene rings is 1. The molecule has 0 amide bonds. The van der Waals surface area contributed by atoms with Crippen LogP contribution in [-0.4, -0.2) is 41.9 Å². The maximum Gasteiger partial charge on any atom is 0.317 e. The van der Waals surface area contributed by atoms with Crippen LogP contribution in [0.15, 0.2) is 29.2 Å².